The number of nitrogens with zero attached hydrogens (tertiary/aromatic N) is 2. The van der Waals surface area contributed by atoms with Gasteiger partial charge in [-0.2, -0.15) is 10.5 Å². The summed E-state index contributed by atoms with van der Waals surface area (Å²) in [5.41, 5.74) is -0.952. The smallest absolute Gasteiger partial charge is 0.321 e. The normalized spacial score (nSPS) is 19.0. The summed E-state index contributed by atoms with van der Waals surface area (Å²) < 4.78 is 5.05. The van der Waals surface area contributed by atoms with Gasteiger partial charge < -0.3 is 4.74 Å². The predicted octanol–water partition coefficient (Wildman–Crippen LogP) is 1.67. The fourth-order valence-corrected chi connectivity index (χ4v) is 1.68. The minimum Gasteiger partial charge on any atom is -0.443 e. The first-order valence-electron chi connectivity index (χ1n) is 4.72. The molecule has 0 unspecified atom stereocenters. The molecule has 0 saturated heterocycles. The molecule has 1 aliphatic carbocycles. The van der Waals surface area contributed by atoms with E-state index in [9.17, 15) is 4.79 Å². The minimum absolute atomic E-state index is 0.274. The standard InChI is InChI=1S/C10H12N2O2/c11-7-4-9(13)14-10(8-12)5-2-1-3-6-10/h1-6H2. The summed E-state index contributed by atoms with van der Waals surface area (Å²) in [6.45, 7) is 0. The lowest BCUT2D eigenvalue weighted by Crippen LogP contribution is -2.35. The van der Waals surface area contributed by atoms with Crippen molar-refractivity contribution in [3.05, 3.63) is 0 Å². The highest BCUT2D eigenvalue weighted by atomic mass is 16.6. The molecule has 0 aliphatic heterocycles. The fourth-order valence-electron chi connectivity index (χ4n) is 1.68. The maximum absolute atomic E-state index is 11.1. The third kappa shape index (κ3) is 2.47. The molecule has 0 radical (unpaired) electrons. The Morgan fingerprint density at radius 2 is 1.93 bits per heavy atom. The lowest BCUT2D eigenvalue weighted by Gasteiger charge is -2.29. The second kappa shape index (κ2) is 4.62. The van der Waals surface area contributed by atoms with Gasteiger partial charge in [-0.3, -0.25) is 4.79 Å². The van der Waals surface area contributed by atoms with Crippen molar-refractivity contribution in [3.63, 3.8) is 0 Å². The van der Waals surface area contributed by atoms with Crippen molar-refractivity contribution in [1.82, 2.24) is 0 Å². The summed E-state index contributed by atoms with van der Waals surface area (Å²) in [5.74, 6) is -0.587. The van der Waals surface area contributed by atoms with Gasteiger partial charge in [0.2, 0.25) is 0 Å². The molecule has 0 aromatic carbocycles. The molecule has 1 saturated carbocycles. The topological polar surface area (TPSA) is 73.9 Å². The van der Waals surface area contributed by atoms with Crippen molar-refractivity contribution in [3.8, 4) is 12.1 Å². The van der Waals surface area contributed by atoms with Crippen molar-refractivity contribution >= 4 is 5.97 Å². The highest BCUT2D eigenvalue weighted by Gasteiger charge is 2.35. The van der Waals surface area contributed by atoms with Crippen LogP contribution >= 0.6 is 0 Å². The zero-order chi connectivity index (χ0) is 10.4. The lowest BCUT2D eigenvalue weighted by atomic mass is 9.86. The molecular formula is C10H12N2O2. The number of esters is 1. The maximum Gasteiger partial charge on any atom is 0.321 e. The van der Waals surface area contributed by atoms with Crippen molar-refractivity contribution in [1.29, 1.82) is 10.5 Å². The molecule has 0 heterocycles. The van der Waals surface area contributed by atoms with Gasteiger partial charge in [0.15, 0.2) is 5.60 Å². The van der Waals surface area contributed by atoms with Crippen LogP contribution in [0.3, 0.4) is 0 Å². The Bertz CT molecular complexity index is 292. The highest BCUT2D eigenvalue weighted by molar-refractivity contribution is 5.72. The Morgan fingerprint density at radius 3 is 2.43 bits per heavy atom. The maximum atomic E-state index is 11.1. The van der Waals surface area contributed by atoms with E-state index in [0.717, 1.165) is 19.3 Å². The molecule has 0 atom stereocenters. The van der Waals surface area contributed by atoms with Crippen LogP contribution in [0.15, 0.2) is 0 Å². The molecule has 1 aliphatic rings. The largest absolute Gasteiger partial charge is 0.443 e. The van der Waals surface area contributed by atoms with Crippen LogP contribution in [0.2, 0.25) is 0 Å². The summed E-state index contributed by atoms with van der Waals surface area (Å²) in [6, 6.07) is 3.77. The van der Waals surface area contributed by atoms with Gasteiger partial charge in [-0.1, -0.05) is 6.42 Å². The molecule has 0 bridgehead atoms. The summed E-state index contributed by atoms with van der Waals surface area (Å²) in [7, 11) is 0. The number of nitriles is 2. The number of ether oxygens (including phenoxy) is 1. The molecule has 1 rings (SSSR count). The Balaban J connectivity index is 2.58. The Hall–Kier alpha value is -1.55. The molecule has 0 aromatic heterocycles. The predicted molar refractivity (Wildman–Crippen MR) is 47.8 cm³/mol. The summed E-state index contributed by atoms with van der Waals surface area (Å²) in [4.78, 5) is 11.1. The molecule has 0 amide bonds. The molecule has 0 spiro atoms. The fraction of sp³-hybridized carbons (Fsp3) is 0.700. The number of rotatable bonds is 2. The Kier molecular flexibility index (Phi) is 3.48. The van der Waals surface area contributed by atoms with Gasteiger partial charge in [0, 0.05) is 12.8 Å². The summed E-state index contributed by atoms with van der Waals surface area (Å²) in [5, 5.41) is 17.2. The van der Waals surface area contributed by atoms with E-state index in [4.69, 9.17) is 15.3 Å². The van der Waals surface area contributed by atoms with Crippen LogP contribution in [0.25, 0.3) is 0 Å². The van der Waals surface area contributed by atoms with E-state index in [2.05, 4.69) is 6.07 Å². The Morgan fingerprint density at radius 1 is 1.29 bits per heavy atom. The van der Waals surface area contributed by atoms with Crippen LogP contribution in [0.4, 0.5) is 0 Å². The molecular weight excluding hydrogens is 180 g/mol. The first kappa shape index (κ1) is 10.5. The Labute approximate surface area is 83.1 Å². The monoisotopic (exact) mass is 192 g/mol. The molecule has 74 valence electrons. The van der Waals surface area contributed by atoms with E-state index in [0.29, 0.717) is 12.8 Å². The molecule has 4 nitrogen and oxygen atoms in total. The van der Waals surface area contributed by atoms with Gasteiger partial charge in [0.25, 0.3) is 0 Å². The number of carbonyl (C=O) groups is 1. The van der Waals surface area contributed by atoms with Crippen molar-refractivity contribution < 1.29 is 9.53 Å². The number of hydrogen-bond donors (Lipinski definition) is 0. The minimum atomic E-state index is -0.952. The molecule has 1 fully saturated rings. The van der Waals surface area contributed by atoms with E-state index in [1.807, 2.05) is 0 Å². The zero-order valence-electron chi connectivity index (χ0n) is 7.95. The third-order valence-electron chi connectivity index (χ3n) is 2.40. The first-order valence-corrected chi connectivity index (χ1v) is 4.72. The quantitative estimate of drug-likeness (QED) is 0.624. The van der Waals surface area contributed by atoms with Crippen LogP contribution < -0.4 is 0 Å². The molecule has 0 aromatic rings. The lowest BCUT2D eigenvalue weighted by molar-refractivity contribution is -0.155. The van der Waals surface area contributed by atoms with Crippen LogP contribution in [0.1, 0.15) is 38.5 Å². The second-order valence-corrected chi connectivity index (χ2v) is 3.48. The van der Waals surface area contributed by atoms with Gasteiger partial charge in [0.1, 0.15) is 12.5 Å². The van der Waals surface area contributed by atoms with E-state index >= 15 is 0 Å². The van der Waals surface area contributed by atoms with Gasteiger partial charge in [0.05, 0.1) is 6.07 Å². The third-order valence-corrected chi connectivity index (χ3v) is 2.40. The second-order valence-electron chi connectivity index (χ2n) is 3.48. The van der Waals surface area contributed by atoms with Crippen molar-refractivity contribution in [2.75, 3.05) is 0 Å². The number of carbonyl (C=O) groups excluding carboxylic acids is 1. The van der Waals surface area contributed by atoms with Crippen LogP contribution in [0.5, 0.6) is 0 Å². The van der Waals surface area contributed by atoms with E-state index in [1.165, 1.54) is 0 Å². The van der Waals surface area contributed by atoms with E-state index in [1.54, 1.807) is 6.07 Å². The summed E-state index contributed by atoms with van der Waals surface area (Å²) in [6.07, 6.45) is 3.82. The summed E-state index contributed by atoms with van der Waals surface area (Å²) >= 11 is 0. The molecule has 14 heavy (non-hydrogen) atoms. The zero-order valence-corrected chi connectivity index (χ0v) is 7.95. The van der Waals surface area contributed by atoms with E-state index in [-0.39, 0.29) is 6.42 Å². The van der Waals surface area contributed by atoms with Gasteiger partial charge in [-0.15, -0.1) is 0 Å². The number of hydrogen-bond acceptors (Lipinski definition) is 4. The van der Waals surface area contributed by atoms with E-state index < -0.39 is 11.6 Å². The van der Waals surface area contributed by atoms with Crippen molar-refractivity contribution in [2.45, 2.75) is 44.1 Å². The van der Waals surface area contributed by atoms with Gasteiger partial charge in [-0.05, 0) is 12.8 Å². The highest BCUT2D eigenvalue weighted by Crippen LogP contribution is 2.31. The first-order chi connectivity index (χ1) is 6.72. The van der Waals surface area contributed by atoms with Crippen LogP contribution in [-0.4, -0.2) is 11.6 Å². The van der Waals surface area contributed by atoms with Gasteiger partial charge in [-0.25, -0.2) is 0 Å². The van der Waals surface area contributed by atoms with Crippen LogP contribution in [0, 0.1) is 22.7 Å². The van der Waals surface area contributed by atoms with Gasteiger partial charge >= 0.3 is 5.97 Å². The molecule has 0 N–H and O–H groups in total. The van der Waals surface area contributed by atoms with Crippen molar-refractivity contribution in [2.24, 2.45) is 0 Å². The molecule has 4 heteroatoms. The van der Waals surface area contributed by atoms with Crippen LogP contribution in [-0.2, 0) is 9.53 Å². The average Bonchev–Trinajstić information content (AvgIpc) is 2.19. The SMILES string of the molecule is N#CCC(=O)OC1(C#N)CCCCC1. The average molecular weight is 192 g/mol.